The van der Waals surface area contributed by atoms with Gasteiger partial charge in [0, 0.05) is 12.6 Å². The number of nitro benzene ring substituents is 1. The van der Waals surface area contributed by atoms with Crippen LogP contribution in [0.3, 0.4) is 0 Å². The van der Waals surface area contributed by atoms with E-state index in [9.17, 15) is 20.3 Å². The number of nitrogens with one attached hydrogen (secondary N) is 1. The summed E-state index contributed by atoms with van der Waals surface area (Å²) in [7, 11) is 0. The van der Waals surface area contributed by atoms with Gasteiger partial charge < -0.3 is 15.5 Å². The molecule has 2 aromatic carbocycles. The van der Waals surface area contributed by atoms with Crippen LogP contribution in [0.5, 0.6) is 11.5 Å². The second kappa shape index (κ2) is 5.48. The van der Waals surface area contributed by atoms with Gasteiger partial charge >= 0.3 is 0 Å². The Morgan fingerprint density at radius 2 is 1.90 bits per heavy atom. The highest BCUT2D eigenvalue weighted by molar-refractivity contribution is 5.62. The van der Waals surface area contributed by atoms with Crippen LogP contribution in [0.2, 0.25) is 0 Å². The number of hydrogen-bond donors (Lipinski definition) is 3. The SMILES string of the molecule is Cc1ccc(NCc2ccc(O)c(O)c2)c([N+](=O)[O-])c1. The first-order valence-corrected chi connectivity index (χ1v) is 5.97. The van der Waals surface area contributed by atoms with Gasteiger partial charge in [0.25, 0.3) is 5.69 Å². The summed E-state index contributed by atoms with van der Waals surface area (Å²) >= 11 is 0. The van der Waals surface area contributed by atoms with Crippen molar-refractivity contribution in [3.8, 4) is 11.5 Å². The smallest absolute Gasteiger partial charge is 0.292 e. The maximum Gasteiger partial charge on any atom is 0.292 e. The first-order valence-electron chi connectivity index (χ1n) is 5.97. The van der Waals surface area contributed by atoms with E-state index in [0.717, 1.165) is 5.56 Å². The summed E-state index contributed by atoms with van der Waals surface area (Å²) in [5.41, 5.74) is 1.93. The minimum atomic E-state index is -0.441. The minimum Gasteiger partial charge on any atom is -0.504 e. The number of rotatable bonds is 4. The molecule has 0 aliphatic rings. The summed E-state index contributed by atoms with van der Waals surface area (Å²) in [6.07, 6.45) is 0. The molecule has 0 amide bonds. The van der Waals surface area contributed by atoms with E-state index in [1.54, 1.807) is 25.1 Å². The number of phenols is 2. The van der Waals surface area contributed by atoms with Crippen LogP contribution in [0.1, 0.15) is 11.1 Å². The lowest BCUT2D eigenvalue weighted by molar-refractivity contribution is -0.384. The second-order valence-electron chi connectivity index (χ2n) is 4.45. The highest BCUT2D eigenvalue weighted by Crippen LogP contribution is 2.28. The molecule has 0 aliphatic heterocycles. The van der Waals surface area contributed by atoms with Crippen LogP contribution >= 0.6 is 0 Å². The zero-order valence-electron chi connectivity index (χ0n) is 10.8. The van der Waals surface area contributed by atoms with E-state index in [0.29, 0.717) is 17.8 Å². The Kier molecular flexibility index (Phi) is 3.74. The Morgan fingerprint density at radius 1 is 1.15 bits per heavy atom. The average Bonchev–Trinajstić information content (AvgIpc) is 2.41. The maximum atomic E-state index is 11.0. The van der Waals surface area contributed by atoms with Crippen molar-refractivity contribution in [3.05, 3.63) is 57.6 Å². The van der Waals surface area contributed by atoms with Gasteiger partial charge in [-0.15, -0.1) is 0 Å². The van der Waals surface area contributed by atoms with E-state index in [1.807, 2.05) is 0 Å². The van der Waals surface area contributed by atoms with Gasteiger partial charge in [0.15, 0.2) is 11.5 Å². The number of nitro groups is 1. The van der Waals surface area contributed by atoms with E-state index in [1.165, 1.54) is 18.2 Å². The number of phenolic OH excluding ortho intramolecular Hbond substituents is 2. The van der Waals surface area contributed by atoms with Gasteiger partial charge in [-0.3, -0.25) is 10.1 Å². The van der Waals surface area contributed by atoms with Crippen molar-refractivity contribution in [1.82, 2.24) is 0 Å². The molecule has 0 heterocycles. The first kappa shape index (κ1) is 13.7. The number of hydrogen-bond acceptors (Lipinski definition) is 5. The third kappa shape index (κ3) is 2.97. The van der Waals surface area contributed by atoms with E-state index in [4.69, 9.17) is 0 Å². The van der Waals surface area contributed by atoms with Crippen molar-refractivity contribution in [3.63, 3.8) is 0 Å². The molecule has 0 bridgehead atoms. The lowest BCUT2D eigenvalue weighted by Crippen LogP contribution is -2.02. The quantitative estimate of drug-likeness (QED) is 0.452. The van der Waals surface area contributed by atoms with Gasteiger partial charge in [0.05, 0.1) is 4.92 Å². The number of nitrogens with zero attached hydrogens (tertiary/aromatic N) is 1. The van der Waals surface area contributed by atoms with Crippen molar-refractivity contribution >= 4 is 11.4 Å². The fraction of sp³-hybridized carbons (Fsp3) is 0.143. The van der Waals surface area contributed by atoms with Crippen LogP contribution in [0.4, 0.5) is 11.4 Å². The third-order valence-electron chi connectivity index (χ3n) is 2.87. The highest BCUT2D eigenvalue weighted by atomic mass is 16.6. The lowest BCUT2D eigenvalue weighted by Gasteiger charge is -2.08. The molecule has 0 atom stereocenters. The Hall–Kier alpha value is -2.76. The molecule has 6 nitrogen and oxygen atoms in total. The maximum absolute atomic E-state index is 11.0. The van der Waals surface area contributed by atoms with Crippen LogP contribution in [0.15, 0.2) is 36.4 Å². The van der Waals surface area contributed by atoms with Gasteiger partial charge in [0.1, 0.15) is 5.69 Å². The van der Waals surface area contributed by atoms with Crippen molar-refractivity contribution in [2.75, 3.05) is 5.32 Å². The molecule has 0 radical (unpaired) electrons. The molecule has 0 saturated heterocycles. The molecule has 0 saturated carbocycles. The van der Waals surface area contributed by atoms with E-state index in [-0.39, 0.29) is 17.2 Å². The molecule has 2 aromatic rings. The van der Waals surface area contributed by atoms with Crippen LogP contribution < -0.4 is 5.32 Å². The summed E-state index contributed by atoms with van der Waals surface area (Å²) in [6.45, 7) is 2.09. The summed E-state index contributed by atoms with van der Waals surface area (Å²) in [5.74, 6) is -0.419. The van der Waals surface area contributed by atoms with E-state index >= 15 is 0 Å². The second-order valence-corrected chi connectivity index (χ2v) is 4.45. The summed E-state index contributed by atoms with van der Waals surface area (Å²) in [6, 6.07) is 9.33. The molecule has 6 heteroatoms. The standard InChI is InChI=1S/C14H14N2O4/c1-9-2-4-11(12(6-9)16(19)20)15-8-10-3-5-13(17)14(18)7-10/h2-7,15,17-18H,8H2,1H3. The van der Waals surface area contributed by atoms with Crippen molar-refractivity contribution in [2.24, 2.45) is 0 Å². The molecule has 104 valence electrons. The Morgan fingerprint density at radius 3 is 2.55 bits per heavy atom. The van der Waals surface area contributed by atoms with Gasteiger partial charge in [-0.05, 0) is 36.2 Å². The van der Waals surface area contributed by atoms with Crippen LogP contribution in [-0.4, -0.2) is 15.1 Å². The Balaban J connectivity index is 2.18. The summed E-state index contributed by atoms with van der Waals surface area (Å²) in [4.78, 5) is 10.5. The van der Waals surface area contributed by atoms with Gasteiger partial charge in [-0.1, -0.05) is 12.1 Å². The Bertz CT molecular complexity index is 656. The molecule has 0 aliphatic carbocycles. The molecule has 0 aromatic heterocycles. The third-order valence-corrected chi connectivity index (χ3v) is 2.87. The number of aryl methyl sites for hydroxylation is 1. The molecule has 2 rings (SSSR count). The molecular formula is C14H14N2O4. The zero-order chi connectivity index (χ0) is 14.7. The number of benzene rings is 2. The van der Waals surface area contributed by atoms with Crippen LogP contribution in [-0.2, 0) is 6.54 Å². The van der Waals surface area contributed by atoms with Crippen molar-refractivity contribution < 1.29 is 15.1 Å². The van der Waals surface area contributed by atoms with Gasteiger partial charge in [0.2, 0.25) is 0 Å². The van der Waals surface area contributed by atoms with Crippen LogP contribution in [0.25, 0.3) is 0 Å². The Labute approximate surface area is 115 Å². The molecule has 0 unspecified atom stereocenters. The van der Waals surface area contributed by atoms with Crippen LogP contribution in [0, 0.1) is 17.0 Å². The first-order chi connectivity index (χ1) is 9.47. The van der Waals surface area contributed by atoms with Crippen molar-refractivity contribution in [1.29, 1.82) is 0 Å². The fourth-order valence-corrected chi connectivity index (χ4v) is 1.82. The topological polar surface area (TPSA) is 95.6 Å². The predicted octanol–water partition coefficient (Wildman–Crippen LogP) is 2.93. The van der Waals surface area contributed by atoms with Gasteiger partial charge in [-0.25, -0.2) is 0 Å². The van der Waals surface area contributed by atoms with E-state index in [2.05, 4.69) is 5.32 Å². The monoisotopic (exact) mass is 274 g/mol. The minimum absolute atomic E-state index is 0.00741. The molecule has 0 fully saturated rings. The molecular weight excluding hydrogens is 260 g/mol. The molecule has 20 heavy (non-hydrogen) atoms. The number of aromatic hydroxyl groups is 2. The summed E-state index contributed by atoms with van der Waals surface area (Å²) in [5, 5.41) is 32.5. The van der Waals surface area contributed by atoms with Crippen molar-refractivity contribution in [2.45, 2.75) is 13.5 Å². The molecule has 0 spiro atoms. The highest BCUT2D eigenvalue weighted by Gasteiger charge is 2.13. The fourth-order valence-electron chi connectivity index (χ4n) is 1.82. The normalized spacial score (nSPS) is 10.2. The lowest BCUT2D eigenvalue weighted by atomic mass is 10.1. The molecule has 3 N–H and O–H groups in total. The largest absolute Gasteiger partial charge is 0.504 e. The van der Waals surface area contributed by atoms with Gasteiger partial charge in [-0.2, -0.15) is 0 Å². The predicted molar refractivity (Wildman–Crippen MR) is 74.9 cm³/mol. The number of anilines is 1. The summed E-state index contributed by atoms with van der Waals surface area (Å²) < 4.78 is 0. The van der Waals surface area contributed by atoms with E-state index < -0.39 is 4.92 Å². The zero-order valence-corrected chi connectivity index (χ0v) is 10.8. The average molecular weight is 274 g/mol.